The average molecular weight is 233 g/mol. The molecule has 0 aliphatic heterocycles. The summed E-state index contributed by atoms with van der Waals surface area (Å²) in [5.74, 6) is -1.48. The highest BCUT2D eigenvalue weighted by Gasteiger charge is 2.12. The molecule has 1 amide bonds. The highest BCUT2D eigenvalue weighted by atomic mass is 16.5. The fourth-order valence-corrected chi connectivity index (χ4v) is 0.971. The number of hydrogen-bond acceptors (Lipinski definition) is 4. The zero-order valence-electron chi connectivity index (χ0n) is 9.44. The van der Waals surface area contributed by atoms with Gasteiger partial charge in [-0.1, -0.05) is 6.92 Å². The Morgan fingerprint density at radius 1 is 1.38 bits per heavy atom. The number of aliphatic hydroxyl groups excluding tert-OH is 1. The van der Waals surface area contributed by atoms with E-state index in [2.05, 4.69) is 5.32 Å². The van der Waals surface area contributed by atoms with Gasteiger partial charge in [-0.25, -0.2) is 4.79 Å². The van der Waals surface area contributed by atoms with Gasteiger partial charge >= 0.3 is 5.97 Å². The van der Waals surface area contributed by atoms with Crippen LogP contribution in [0, 0.1) is 0 Å². The molecular formula is C10H19NO5. The summed E-state index contributed by atoms with van der Waals surface area (Å²) < 4.78 is 5.11. The van der Waals surface area contributed by atoms with Gasteiger partial charge in [0.1, 0.15) is 0 Å². The van der Waals surface area contributed by atoms with E-state index in [9.17, 15) is 9.59 Å². The standard InChI is InChI=1S/C10H19NO5/c1-2-6-16-7-4-9(13)11-5-3-8(12)10(14)15/h8,12H,2-7H2,1H3,(H,11,13)(H,14,15). The zero-order valence-corrected chi connectivity index (χ0v) is 9.44. The van der Waals surface area contributed by atoms with Crippen LogP contribution in [0.4, 0.5) is 0 Å². The first-order valence-corrected chi connectivity index (χ1v) is 5.33. The van der Waals surface area contributed by atoms with Crippen LogP contribution < -0.4 is 5.32 Å². The minimum absolute atomic E-state index is 0.0108. The number of aliphatic carboxylic acids is 1. The number of carboxylic acid groups (broad SMARTS) is 1. The summed E-state index contributed by atoms with van der Waals surface area (Å²) in [6.07, 6.45) is -0.247. The van der Waals surface area contributed by atoms with Crippen molar-refractivity contribution in [1.82, 2.24) is 5.32 Å². The van der Waals surface area contributed by atoms with Crippen molar-refractivity contribution in [2.24, 2.45) is 0 Å². The number of carbonyl (C=O) groups excluding carboxylic acids is 1. The van der Waals surface area contributed by atoms with Crippen LogP contribution in [0.25, 0.3) is 0 Å². The van der Waals surface area contributed by atoms with E-state index in [1.165, 1.54) is 0 Å². The molecule has 0 spiro atoms. The van der Waals surface area contributed by atoms with Crippen LogP contribution in [-0.4, -0.2) is 48.0 Å². The van der Waals surface area contributed by atoms with Crippen LogP contribution in [0.3, 0.4) is 0 Å². The summed E-state index contributed by atoms with van der Waals surface area (Å²) in [5.41, 5.74) is 0. The van der Waals surface area contributed by atoms with E-state index in [0.29, 0.717) is 13.2 Å². The summed E-state index contributed by atoms with van der Waals surface area (Å²) in [6, 6.07) is 0. The van der Waals surface area contributed by atoms with Crippen molar-refractivity contribution in [3.63, 3.8) is 0 Å². The van der Waals surface area contributed by atoms with Crippen LogP contribution in [0.2, 0.25) is 0 Å². The van der Waals surface area contributed by atoms with Crippen LogP contribution in [0.15, 0.2) is 0 Å². The van der Waals surface area contributed by atoms with E-state index in [1.807, 2.05) is 6.92 Å². The number of carbonyl (C=O) groups is 2. The smallest absolute Gasteiger partial charge is 0.332 e. The van der Waals surface area contributed by atoms with Crippen molar-refractivity contribution in [1.29, 1.82) is 0 Å². The first-order valence-electron chi connectivity index (χ1n) is 5.33. The van der Waals surface area contributed by atoms with Gasteiger partial charge < -0.3 is 20.3 Å². The predicted octanol–water partition coefficient (Wildman–Crippen LogP) is -0.245. The van der Waals surface area contributed by atoms with E-state index >= 15 is 0 Å². The van der Waals surface area contributed by atoms with Gasteiger partial charge in [0.25, 0.3) is 0 Å². The monoisotopic (exact) mass is 233 g/mol. The Hall–Kier alpha value is -1.14. The molecule has 6 heteroatoms. The summed E-state index contributed by atoms with van der Waals surface area (Å²) >= 11 is 0. The molecule has 0 saturated heterocycles. The highest BCUT2D eigenvalue weighted by molar-refractivity contribution is 5.76. The first kappa shape index (κ1) is 14.9. The third-order valence-electron chi connectivity index (χ3n) is 1.85. The molecule has 0 saturated carbocycles. The molecule has 0 rings (SSSR count). The predicted molar refractivity (Wildman–Crippen MR) is 57.0 cm³/mol. The molecule has 16 heavy (non-hydrogen) atoms. The van der Waals surface area contributed by atoms with Crippen molar-refractivity contribution in [2.75, 3.05) is 19.8 Å². The molecule has 0 radical (unpaired) electrons. The van der Waals surface area contributed by atoms with Crippen molar-refractivity contribution in [3.8, 4) is 0 Å². The molecule has 0 aromatic heterocycles. The maximum Gasteiger partial charge on any atom is 0.332 e. The first-order chi connectivity index (χ1) is 7.57. The van der Waals surface area contributed by atoms with Crippen molar-refractivity contribution in [2.45, 2.75) is 32.3 Å². The maximum atomic E-state index is 11.1. The number of ether oxygens (including phenoxy) is 1. The Kier molecular flexibility index (Phi) is 8.46. The maximum absolute atomic E-state index is 11.1. The van der Waals surface area contributed by atoms with Crippen molar-refractivity contribution >= 4 is 11.9 Å². The molecule has 0 heterocycles. The lowest BCUT2D eigenvalue weighted by Crippen LogP contribution is -2.30. The van der Waals surface area contributed by atoms with E-state index in [4.69, 9.17) is 14.9 Å². The van der Waals surface area contributed by atoms with Crippen molar-refractivity contribution < 1.29 is 24.5 Å². The highest BCUT2D eigenvalue weighted by Crippen LogP contribution is 1.90. The molecule has 0 aliphatic carbocycles. The van der Waals surface area contributed by atoms with E-state index in [1.54, 1.807) is 0 Å². The molecule has 0 bridgehead atoms. The Morgan fingerprint density at radius 3 is 2.62 bits per heavy atom. The van der Waals surface area contributed by atoms with E-state index < -0.39 is 12.1 Å². The Balaban J connectivity index is 3.40. The van der Waals surface area contributed by atoms with Gasteiger partial charge in [0, 0.05) is 26.0 Å². The third-order valence-corrected chi connectivity index (χ3v) is 1.85. The number of nitrogens with one attached hydrogen (secondary N) is 1. The second-order valence-electron chi connectivity index (χ2n) is 3.36. The molecular weight excluding hydrogens is 214 g/mol. The van der Waals surface area contributed by atoms with Gasteiger partial charge in [0.05, 0.1) is 6.61 Å². The van der Waals surface area contributed by atoms with Gasteiger partial charge in [0.2, 0.25) is 5.91 Å². The van der Waals surface area contributed by atoms with Gasteiger partial charge in [-0.05, 0) is 6.42 Å². The van der Waals surface area contributed by atoms with Gasteiger partial charge in [-0.15, -0.1) is 0 Å². The normalized spacial score (nSPS) is 12.1. The Bertz CT molecular complexity index is 219. The quantitative estimate of drug-likeness (QED) is 0.477. The van der Waals surface area contributed by atoms with Gasteiger partial charge in [0.15, 0.2) is 6.10 Å². The zero-order chi connectivity index (χ0) is 12.4. The molecule has 0 aromatic carbocycles. The number of rotatable bonds is 9. The van der Waals surface area contributed by atoms with E-state index in [0.717, 1.165) is 6.42 Å². The number of hydrogen-bond donors (Lipinski definition) is 3. The van der Waals surface area contributed by atoms with Crippen LogP contribution >= 0.6 is 0 Å². The minimum Gasteiger partial charge on any atom is -0.479 e. The average Bonchev–Trinajstić information content (AvgIpc) is 2.24. The molecule has 3 N–H and O–H groups in total. The number of aliphatic hydroxyl groups is 1. The fourth-order valence-electron chi connectivity index (χ4n) is 0.971. The van der Waals surface area contributed by atoms with Crippen LogP contribution in [0.5, 0.6) is 0 Å². The second-order valence-corrected chi connectivity index (χ2v) is 3.36. The molecule has 0 aromatic rings. The van der Waals surface area contributed by atoms with Crippen LogP contribution in [-0.2, 0) is 14.3 Å². The molecule has 1 atom stereocenters. The lowest BCUT2D eigenvalue weighted by atomic mass is 10.2. The largest absolute Gasteiger partial charge is 0.479 e. The van der Waals surface area contributed by atoms with E-state index in [-0.39, 0.29) is 25.3 Å². The molecule has 1 unspecified atom stereocenters. The number of amides is 1. The van der Waals surface area contributed by atoms with Crippen LogP contribution in [0.1, 0.15) is 26.2 Å². The molecule has 6 nitrogen and oxygen atoms in total. The van der Waals surface area contributed by atoms with Gasteiger partial charge in [-0.2, -0.15) is 0 Å². The fraction of sp³-hybridized carbons (Fsp3) is 0.800. The van der Waals surface area contributed by atoms with Gasteiger partial charge in [-0.3, -0.25) is 4.79 Å². The van der Waals surface area contributed by atoms with Crippen molar-refractivity contribution in [3.05, 3.63) is 0 Å². The lowest BCUT2D eigenvalue weighted by Gasteiger charge is -2.07. The summed E-state index contributed by atoms with van der Waals surface area (Å²) in [4.78, 5) is 21.4. The Morgan fingerprint density at radius 2 is 2.06 bits per heavy atom. The third kappa shape index (κ3) is 8.19. The summed E-state index contributed by atoms with van der Waals surface area (Å²) in [7, 11) is 0. The SMILES string of the molecule is CCCOCCC(=O)NCCC(O)C(=O)O. The minimum atomic E-state index is -1.42. The molecule has 94 valence electrons. The Labute approximate surface area is 94.6 Å². The lowest BCUT2D eigenvalue weighted by molar-refractivity contribution is -0.147. The summed E-state index contributed by atoms with van der Waals surface area (Å²) in [5, 5.41) is 19.8. The second kappa shape index (κ2) is 9.11. The molecule has 0 fully saturated rings. The molecule has 0 aliphatic rings. The summed E-state index contributed by atoms with van der Waals surface area (Å²) in [6.45, 7) is 3.12. The number of carboxylic acids is 1. The topological polar surface area (TPSA) is 95.9 Å².